The first-order valence-electron chi connectivity index (χ1n) is 4.22. The van der Waals surface area contributed by atoms with Crippen LogP contribution in [0.25, 0.3) is 0 Å². The van der Waals surface area contributed by atoms with E-state index in [0.29, 0.717) is 0 Å². The Morgan fingerprint density at radius 1 is 1.44 bits per heavy atom. The molecule has 4 nitrogen and oxygen atoms in total. The van der Waals surface area contributed by atoms with Crippen molar-refractivity contribution in [1.29, 1.82) is 0 Å². The van der Waals surface area contributed by atoms with Gasteiger partial charge in [-0.15, -0.1) is 0 Å². The Kier molecular flexibility index (Phi) is 3.88. The van der Waals surface area contributed by atoms with Crippen LogP contribution in [0, 0.1) is 5.82 Å². The monoisotopic (exact) mass is 266 g/mol. The maximum Gasteiger partial charge on any atom is 0.304 e. The van der Waals surface area contributed by atoms with Gasteiger partial charge in [0.2, 0.25) is 0 Å². The predicted octanol–water partition coefficient (Wildman–Crippen LogP) is 1.73. The molecule has 1 aromatic rings. The van der Waals surface area contributed by atoms with E-state index in [2.05, 4.69) is 0 Å². The molecule has 0 heterocycles. The molecule has 88 valence electrons. The Labute approximate surface area is 96.6 Å². The van der Waals surface area contributed by atoms with Gasteiger partial charge in [-0.1, -0.05) is 11.6 Å². The lowest BCUT2D eigenvalue weighted by molar-refractivity contribution is -0.136. The third kappa shape index (κ3) is 3.18. The van der Waals surface area contributed by atoms with Crippen molar-refractivity contribution in [3.8, 4) is 0 Å². The molecular formula is C9H8ClFO4S. The van der Waals surface area contributed by atoms with Gasteiger partial charge in [-0.2, -0.15) is 0 Å². The van der Waals surface area contributed by atoms with Gasteiger partial charge in [0.15, 0.2) is 9.84 Å². The second-order valence-electron chi connectivity index (χ2n) is 3.04. The fraction of sp³-hybridized carbons (Fsp3) is 0.222. The molecule has 1 aromatic carbocycles. The number of rotatable bonds is 4. The van der Waals surface area contributed by atoms with E-state index in [1.54, 1.807) is 0 Å². The fourth-order valence-corrected chi connectivity index (χ4v) is 2.51. The highest BCUT2D eigenvalue weighted by atomic mass is 35.5. The summed E-state index contributed by atoms with van der Waals surface area (Å²) in [5.41, 5.74) is 0. The van der Waals surface area contributed by atoms with Crippen LogP contribution < -0.4 is 0 Å². The summed E-state index contributed by atoms with van der Waals surface area (Å²) in [5, 5.41) is 8.06. The molecule has 0 unspecified atom stereocenters. The van der Waals surface area contributed by atoms with Crippen LogP contribution in [0.1, 0.15) is 6.42 Å². The highest BCUT2D eigenvalue weighted by molar-refractivity contribution is 7.91. The molecule has 0 bridgehead atoms. The summed E-state index contributed by atoms with van der Waals surface area (Å²) in [5.74, 6) is -2.47. The zero-order valence-corrected chi connectivity index (χ0v) is 9.55. The standard InChI is InChI=1S/C9H8ClFO4S/c10-7-5-6(1-2-8(7)11)16(14,15)4-3-9(12)13/h1-2,5H,3-4H2,(H,12,13). The predicted molar refractivity (Wildman–Crippen MR) is 55.7 cm³/mol. The quantitative estimate of drug-likeness (QED) is 0.843. The number of carboxylic acid groups (broad SMARTS) is 1. The van der Waals surface area contributed by atoms with Gasteiger partial charge in [0.1, 0.15) is 5.82 Å². The number of sulfone groups is 1. The van der Waals surface area contributed by atoms with Crippen molar-refractivity contribution in [1.82, 2.24) is 0 Å². The van der Waals surface area contributed by atoms with Gasteiger partial charge >= 0.3 is 5.97 Å². The first kappa shape index (κ1) is 12.9. The van der Waals surface area contributed by atoms with E-state index in [1.807, 2.05) is 0 Å². The number of benzene rings is 1. The van der Waals surface area contributed by atoms with Crippen LogP contribution >= 0.6 is 11.6 Å². The second kappa shape index (κ2) is 4.80. The molecule has 16 heavy (non-hydrogen) atoms. The lowest BCUT2D eigenvalue weighted by atomic mass is 10.3. The Bertz CT molecular complexity index is 512. The number of carboxylic acids is 1. The van der Waals surface area contributed by atoms with Crippen molar-refractivity contribution >= 4 is 27.4 Å². The molecule has 0 amide bonds. The number of halogens is 2. The lowest BCUT2D eigenvalue weighted by Crippen LogP contribution is -2.11. The first-order chi connectivity index (χ1) is 7.33. The van der Waals surface area contributed by atoms with Gasteiger partial charge in [-0.25, -0.2) is 12.8 Å². The minimum absolute atomic E-state index is 0.180. The average molecular weight is 267 g/mol. The summed E-state index contributed by atoms with van der Waals surface area (Å²) in [6.45, 7) is 0. The average Bonchev–Trinajstić information content (AvgIpc) is 2.19. The van der Waals surface area contributed by atoms with Crippen molar-refractivity contribution in [2.75, 3.05) is 5.75 Å². The lowest BCUT2D eigenvalue weighted by Gasteiger charge is -2.03. The molecule has 0 atom stereocenters. The van der Waals surface area contributed by atoms with E-state index < -0.39 is 33.8 Å². The van der Waals surface area contributed by atoms with Crippen LogP contribution in [0.2, 0.25) is 5.02 Å². The van der Waals surface area contributed by atoms with Gasteiger partial charge in [0.25, 0.3) is 0 Å². The number of aliphatic carboxylic acids is 1. The Morgan fingerprint density at radius 3 is 2.56 bits per heavy atom. The Hall–Kier alpha value is -1.14. The van der Waals surface area contributed by atoms with E-state index in [9.17, 15) is 17.6 Å². The third-order valence-electron chi connectivity index (χ3n) is 1.83. The molecule has 0 saturated heterocycles. The highest BCUT2D eigenvalue weighted by Crippen LogP contribution is 2.20. The first-order valence-corrected chi connectivity index (χ1v) is 6.25. The maximum absolute atomic E-state index is 12.8. The van der Waals surface area contributed by atoms with Crippen LogP contribution in [0.5, 0.6) is 0 Å². The SMILES string of the molecule is O=C(O)CCS(=O)(=O)c1ccc(F)c(Cl)c1. The van der Waals surface area contributed by atoms with Gasteiger partial charge in [-0.3, -0.25) is 4.79 Å². The molecular weight excluding hydrogens is 259 g/mol. The van der Waals surface area contributed by atoms with E-state index in [0.717, 1.165) is 18.2 Å². The van der Waals surface area contributed by atoms with Gasteiger partial charge in [0, 0.05) is 0 Å². The van der Waals surface area contributed by atoms with Crippen LogP contribution in [0.4, 0.5) is 4.39 Å². The molecule has 7 heteroatoms. The minimum Gasteiger partial charge on any atom is -0.481 e. The Balaban J connectivity index is 2.99. The topological polar surface area (TPSA) is 71.4 Å². The molecule has 0 aromatic heterocycles. The summed E-state index contributed by atoms with van der Waals surface area (Å²) < 4.78 is 35.9. The molecule has 0 fully saturated rings. The highest BCUT2D eigenvalue weighted by Gasteiger charge is 2.17. The number of carbonyl (C=O) groups is 1. The maximum atomic E-state index is 12.8. The van der Waals surface area contributed by atoms with E-state index in [4.69, 9.17) is 16.7 Å². The molecule has 0 aliphatic rings. The van der Waals surface area contributed by atoms with Crippen molar-refractivity contribution in [2.24, 2.45) is 0 Å². The molecule has 0 radical (unpaired) electrons. The smallest absolute Gasteiger partial charge is 0.304 e. The number of hydrogen-bond donors (Lipinski definition) is 1. The minimum atomic E-state index is -3.73. The molecule has 0 spiro atoms. The van der Waals surface area contributed by atoms with Crippen molar-refractivity contribution in [3.05, 3.63) is 29.0 Å². The van der Waals surface area contributed by atoms with Crippen LogP contribution in [0.15, 0.2) is 23.1 Å². The molecule has 0 aliphatic carbocycles. The van der Waals surface area contributed by atoms with Crippen molar-refractivity contribution in [2.45, 2.75) is 11.3 Å². The molecule has 0 saturated carbocycles. The molecule has 0 aliphatic heterocycles. The van der Waals surface area contributed by atoms with E-state index >= 15 is 0 Å². The zero-order valence-electron chi connectivity index (χ0n) is 7.98. The Morgan fingerprint density at radius 2 is 2.06 bits per heavy atom. The number of hydrogen-bond acceptors (Lipinski definition) is 3. The second-order valence-corrected chi connectivity index (χ2v) is 5.55. The largest absolute Gasteiger partial charge is 0.481 e. The fourth-order valence-electron chi connectivity index (χ4n) is 1.01. The van der Waals surface area contributed by atoms with Gasteiger partial charge in [0.05, 0.1) is 22.1 Å². The van der Waals surface area contributed by atoms with Crippen LogP contribution in [-0.4, -0.2) is 25.2 Å². The summed E-state index contributed by atoms with van der Waals surface area (Å²) >= 11 is 5.43. The zero-order chi connectivity index (χ0) is 12.3. The summed E-state index contributed by atoms with van der Waals surface area (Å²) in [4.78, 5) is 10.1. The third-order valence-corrected chi connectivity index (χ3v) is 3.84. The summed E-state index contributed by atoms with van der Waals surface area (Å²) in [6.07, 6.45) is -0.503. The van der Waals surface area contributed by atoms with E-state index in [1.165, 1.54) is 0 Å². The summed E-state index contributed by atoms with van der Waals surface area (Å²) in [6, 6.07) is 2.95. The van der Waals surface area contributed by atoms with Crippen LogP contribution in [-0.2, 0) is 14.6 Å². The van der Waals surface area contributed by atoms with Gasteiger partial charge < -0.3 is 5.11 Å². The normalized spacial score (nSPS) is 11.4. The van der Waals surface area contributed by atoms with Crippen LogP contribution in [0.3, 0.4) is 0 Å². The van der Waals surface area contributed by atoms with Gasteiger partial charge in [-0.05, 0) is 18.2 Å². The van der Waals surface area contributed by atoms with Crippen molar-refractivity contribution in [3.63, 3.8) is 0 Å². The summed E-state index contributed by atoms with van der Waals surface area (Å²) in [7, 11) is -3.73. The molecule has 1 rings (SSSR count). The van der Waals surface area contributed by atoms with E-state index in [-0.39, 0.29) is 9.92 Å². The van der Waals surface area contributed by atoms with Crippen molar-refractivity contribution < 1.29 is 22.7 Å². The molecule has 1 N–H and O–H groups in total.